The van der Waals surface area contributed by atoms with E-state index >= 15 is 0 Å². The number of rotatable bonds is 6. The molecule has 2 aliphatic heterocycles. The van der Waals surface area contributed by atoms with Crippen LogP contribution < -0.4 is 5.32 Å². The lowest BCUT2D eigenvalue weighted by atomic mass is 9.87. The van der Waals surface area contributed by atoms with Gasteiger partial charge in [-0.25, -0.2) is 0 Å². The third-order valence-electron chi connectivity index (χ3n) is 6.06. The van der Waals surface area contributed by atoms with Gasteiger partial charge in [-0.05, 0) is 40.8 Å². The van der Waals surface area contributed by atoms with E-state index in [4.69, 9.17) is 16.3 Å². The summed E-state index contributed by atoms with van der Waals surface area (Å²) in [5.74, 6) is -0.595. The van der Waals surface area contributed by atoms with E-state index in [1.54, 1.807) is 24.3 Å². The Labute approximate surface area is 200 Å². The maximum absolute atomic E-state index is 13.4. The van der Waals surface area contributed by atoms with Gasteiger partial charge >= 0.3 is 0 Å². The molecule has 1 N–H and O–H groups in total. The van der Waals surface area contributed by atoms with Crippen LogP contribution in [0.3, 0.4) is 0 Å². The van der Waals surface area contributed by atoms with E-state index in [1.807, 2.05) is 24.3 Å². The fourth-order valence-corrected chi connectivity index (χ4v) is 4.17. The summed E-state index contributed by atoms with van der Waals surface area (Å²) in [5.41, 5.74) is 3.33. The van der Waals surface area contributed by atoms with Gasteiger partial charge in [0.1, 0.15) is 5.70 Å². The fraction of sp³-hybridized carbons (Fsp3) is 0.385. The Hall–Kier alpha value is -2.67. The normalized spacial score (nSPS) is 17.8. The Bertz CT molecular complexity index is 1050. The molecule has 174 valence electrons. The highest BCUT2D eigenvalue weighted by Gasteiger charge is 2.39. The molecule has 0 aromatic heterocycles. The van der Waals surface area contributed by atoms with Crippen molar-refractivity contribution in [2.24, 2.45) is 0 Å². The van der Waals surface area contributed by atoms with E-state index in [1.165, 1.54) is 10.5 Å². The van der Waals surface area contributed by atoms with Crippen molar-refractivity contribution in [1.29, 1.82) is 0 Å². The van der Waals surface area contributed by atoms with Crippen LogP contribution in [0.2, 0.25) is 5.02 Å². The zero-order valence-electron chi connectivity index (χ0n) is 19.4. The molecule has 0 spiro atoms. The summed E-state index contributed by atoms with van der Waals surface area (Å²) in [7, 11) is 0. The minimum atomic E-state index is -0.307. The van der Waals surface area contributed by atoms with Crippen molar-refractivity contribution in [3.63, 3.8) is 0 Å². The van der Waals surface area contributed by atoms with Crippen molar-refractivity contribution in [2.75, 3.05) is 44.7 Å². The number of ether oxygens (including phenoxy) is 1. The molecule has 2 heterocycles. The molecular formula is C26H30ClN3O3. The number of carbonyl (C=O) groups excluding carboxylic acids is 2. The number of anilines is 1. The summed E-state index contributed by atoms with van der Waals surface area (Å²) in [5, 5.41) is 3.81. The van der Waals surface area contributed by atoms with Crippen molar-refractivity contribution < 1.29 is 14.3 Å². The number of carbonyl (C=O) groups is 2. The minimum Gasteiger partial charge on any atom is -0.379 e. The summed E-state index contributed by atoms with van der Waals surface area (Å²) in [4.78, 5) is 30.3. The third-order valence-corrected chi connectivity index (χ3v) is 6.32. The Morgan fingerprint density at radius 3 is 2.15 bits per heavy atom. The third kappa shape index (κ3) is 5.29. The molecule has 1 fully saturated rings. The lowest BCUT2D eigenvalue weighted by Gasteiger charge is -2.28. The summed E-state index contributed by atoms with van der Waals surface area (Å²) in [6, 6.07) is 15.0. The molecule has 7 heteroatoms. The van der Waals surface area contributed by atoms with Crippen LogP contribution >= 0.6 is 11.6 Å². The topological polar surface area (TPSA) is 61.9 Å². The van der Waals surface area contributed by atoms with Gasteiger partial charge in [-0.1, -0.05) is 56.6 Å². The Kier molecular flexibility index (Phi) is 6.88. The Morgan fingerprint density at radius 1 is 0.909 bits per heavy atom. The van der Waals surface area contributed by atoms with E-state index in [0.29, 0.717) is 48.2 Å². The SMILES string of the molecule is CC(C)(C)c1ccc(NC2=C(c3ccc(Cl)cc3)C(=O)N(CCN3CCOCC3)C2=O)cc1. The van der Waals surface area contributed by atoms with Gasteiger partial charge in [-0.2, -0.15) is 0 Å². The fourth-order valence-electron chi connectivity index (χ4n) is 4.04. The van der Waals surface area contributed by atoms with Gasteiger partial charge in [0.15, 0.2) is 0 Å². The number of imide groups is 1. The van der Waals surface area contributed by atoms with Crippen LogP contribution in [0, 0.1) is 0 Å². The standard InChI is InChI=1S/C26H30ClN3O3/c1-26(2,3)19-6-10-21(11-7-19)28-23-22(18-4-8-20(27)9-5-18)24(31)30(25(23)32)13-12-29-14-16-33-17-15-29/h4-11,28H,12-17H2,1-3H3. The number of hydrogen-bond donors (Lipinski definition) is 1. The molecule has 2 aromatic rings. The van der Waals surface area contributed by atoms with Crippen molar-refractivity contribution >= 4 is 34.7 Å². The maximum atomic E-state index is 13.4. The van der Waals surface area contributed by atoms with Crippen LogP contribution in [-0.4, -0.2) is 61.0 Å². The second-order valence-electron chi connectivity index (χ2n) is 9.43. The molecule has 0 bridgehead atoms. The highest BCUT2D eigenvalue weighted by Crippen LogP contribution is 2.32. The number of hydrogen-bond acceptors (Lipinski definition) is 5. The summed E-state index contributed by atoms with van der Waals surface area (Å²) in [6.07, 6.45) is 0. The van der Waals surface area contributed by atoms with Crippen LogP contribution in [0.1, 0.15) is 31.9 Å². The number of morpholine rings is 1. The molecule has 33 heavy (non-hydrogen) atoms. The molecule has 6 nitrogen and oxygen atoms in total. The molecule has 0 unspecified atom stereocenters. The maximum Gasteiger partial charge on any atom is 0.278 e. The van der Waals surface area contributed by atoms with Crippen molar-refractivity contribution in [3.8, 4) is 0 Å². The van der Waals surface area contributed by atoms with E-state index in [2.05, 4.69) is 31.0 Å². The predicted molar refractivity (Wildman–Crippen MR) is 131 cm³/mol. The van der Waals surface area contributed by atoms with E-state index < -0.39 is 0 Å². The number of amides is 2. The molecule has 2 amide bonds. The van der Waals surface area contributed by atoms with E-state index in [0.717, 1.165) is 18.8 Å². The summed E-state index contributed by atoms with van der Waals surface area (Å²) < 4.78 is 5.39. The largest absolute Gasteiger partial charge is 0.379 e. The highest BCUT2D eigenvalue weighted by molar-refractivity contribution is 6.36. The first kappa shape index (κ1) is 23.5. The first-order valence-corrected chi connectivity index (χ1v) is 11.7. The molecule has 0 radical (unpaired) electrons. The van der Waals surface area contributed by atoms with Crippen molar-refractivity contribution in [1.82, 2.24) is 9.80 Å². The second-order valence-corrected chi connectivity index (χ2v) is 9.86. The molecule has 0 saturated carbocycles. The lowest BCUT2D eigenvalue weighted by Crippen LogP contribution is -2.43. The quantitative estimate of drug-likeness (QED) is 0.646. The summed E-state index contributed by atoms with van der Waals surface area (Å²) >= 11 is 6.06. The predicted octanol–water partition coefficient (Wildman–Crippen LogP) is 4.16. The smallest absolute Gasteiger partial charge is 0.278 e. The van der Waals surface area contributed by atoms with Crippen LogP contribution in [0.5, 0.6) is 0 Å². The Morgan fingerprint density at radius 2 is 1.55 bits per heavy atom. The van der Waals surface area contributed by atoms with Crippen LogP contribution in [0.25, 0.3) is 5.57 Å². The molecule has 1 saturated heterocycles. The average molecular weight is 468 g/mol. The molecule has 0 aliphatic carbocycles. The average Bonchev–Trinajstić information content (AvgIpc) is 3.02. The zero-order chi connectivity index (χ0) is 23.6. The Balaban J connectivity index is 1.61. The van der Waals surface area contributed by atoms with Crippen LogP contribution in [0.15, 0.2) is 54.2 Å². The van der Waals surface area contributed by atoms with Gasteiger partial charge in [0, 0.05) is 36.9 Å². The summed E-state index contributed by atoms with van der Waals surface area (Å²) in [6.45, 7) is 10.4. The number of benzene rings is 2. The highest BCUT2D eigenvalue weighted by atomic mass is 35.5. The van der Waals surface area contributed by atoms with Gasteiger partial charge in [-0.15, -0.1) is 0 Å². The van der Waals surface area contributed by atoms with Crippen molar-refractivity contribution in [3.05, 3.63) is 70.4 Å². The van der Waals surface area contributed by atoms with E-state index in [-0.39, 0.29) is 17.2 Å². The van der Waals surface area contributed by atoms with Crippen LogP contribution in [0.4, 0.5) is 5.69 Å². The lowest BCUT2D eigenvalue weighted by molar-refractivity contribution is -0.137. The molecule has 2 aromatic carbocycles. The van der Waals surface area contributed by atoms with Gasteiger partial charge < -0.3 is 10.1 Å². The first-order chi connectivity index (χ1) is 15.7. The van der Waals surface area contributed by atoms with Gasteiger partial charge in [-0.3, -0.25) is 19.4 Å². The number of nitrogens with one attached hydrogen (secondary N) is 1. The molecular weight excluding hydrogens is 438 g/mol. The van der Waals surface area contributed by atoms with Gasteiger partial charge in [0.05, 0.1) is 18.8 Å². The van der Waals surface area contributed by atoms with E-state index in [9.17, 15) is 9.59 Å². The second kappa shape index (κ2) is 9.67. The first-order valence-electron chi connectivity index (χ1n) is 11.3. The number of nitrogens with zero attached hydrogens (tertiary/aromatic N) is 2. The molecule has 4 rings (SSSR count). The molecule has 0 atom stereocenters. The van der Waals surface area contributed by atoms with Gasteiger partial charge in [0.2, 0.25) is 0 Å². The van der Waals surface area contributed by atoms with Crippen molar-refractivity contribution in [2.45, 2.75) is 26.2 Å². The van der Waals surface area contributed by atoms with Crippen LogP contribution in [-0.2, 0) is 19.7 Å². The minimum absolute atomic E-state index is 0.0295. The monoisotopic (exact) mass is 467 g/mol. The zero-order valence-corrected chi connectivity index (χ0v) is 20.1. The van der Waals surface area contributed by atoms with Gasteiger partial charge in [0.25, 0.3) is 11.8 Å². The molecule has 2 aliphatic rings. The number of halogens is 1.